The number of benzene rings is 2. The van der Waals surface area contributed by atoms with Crippen LogP contribution in [-0.2, 0) is 0 Å². The van der Waals surface area contributed by atoms with E-state index >= 15 is 0 Å². The summed E-state index contributed by atoms with van der Waals surface area (Å²) in [7, 11) is 1.67. The lowest BCUT2D eigenvalue weighted by atomic mass is 9.84. The lowest BCUT2D eigenvalue weighted by Crippen LogP contribution is -2.16. The van der Waals surface area contributed by atoms with Crippen molar-refractivity contribution in [2.45, 2.75) is 12.8 Å². The molecule has 0 unspecified atom stereocenters. The minimum atomic E-state index is -0.205. The molecule has 2 aromatic carbocycles. The quantitative estimate of drug-likeness (QED) is 0.316. The van der Waals surface area contributed by atoms with Gasteiger partial charge in [-0.2, -0.15) is 5.10 Å². The highest BCUT2D eigenvalue weighted by molar-refractivity contribution is 7.13. The number of hydrogen-bond donors (Lipinski definition) is 0. The van der Waals surface area contributed by atoms with Gasteiger partial charge < -0.3 is 9.47 Å². The summed E-state index contributed by atoms with van der Waals surface area (Å²) in [6.45, 7) is 2.01. The number of nitrogens with zero attached hydrogens (tertiary/aromatic N) is 6. The van der Waals surface area contributed by atoms with Crippen molar-refractivity contribution in [3.63, 3.8) is 0 Å². The summed E-state index contributed by atoms with van der Waals surface area (Å²) in [5.74, 6) is 2.40. The Labute approximate surface area is 210 Å². The first-order valence-electron chi connectivity index (χ1n) is 11.5. The Hall–Kier alpha value is -4.50. The molecule has 0 amide bonds. The highest BCUT2D eigenvalue weighted by Gasteiger charge is 2.38. The second-order valence-corrected chi connectivity index (χ2v) is 9.45. The highest BCUT2D eigenvalue weighted by Crippen LogP contribution is 2.50. The van der Waals surface area contributed by atoms with E-state index in [0.717, 1.165) is 38.7 Å². The smallest absolute Gasteiger partial charge is 0.230 e. The number of thiophene rings is 1. The number of rotatable bonds is 4. The Balaban J connectivity index is 1.49. The minimum Gasteiger partial charge on any atom is -0.497 e. The summed E-state index contributed by atoms with van der Waals surface area (Å²) in [5.41, 5.74) is 5.41. The number of fused-ring (bicyclic) bond motifs is 4. The predicted octanol–water partition coefficient (Wildman–Crippen LogP) is 5.64. The molecule has 0 spiro atoms. The maximum Gasteiger partial charge on any atom is 0.230 e. The van der Waals surface area contributed by atoms with Crippen molar-refractivity contribution in [2.75, 3.05) is 7.11 Å². The molecule has 0 saturated heterocycles. The number of para-hydroxylation sites is 1. The average Bonchev–Trinajstić information content (AvgIpc) is 3.67. The first-order chi connectivity index (χ1) is 17.7. The van der Waals surface area contributed by atoms with Gasteiger partial charge >= 0.3 is 0 Å². The van der Waals surface area contributed by atoms with Crippen molar-refractivity contribution in [3.8, 4) is 33.9 Å². The SMILES string of the molecule is COc1ccc([C@@H]2c3c(C)nn(-c4ccccc4)c3Oc3ncn4nc(-c5cccs5)nc4c32)cc1. The molecule has 8 nitrogen and oxygen atoms in total. The first kappa shape index (κ1) is 20.8. The molecule has 36 heavy (non-hydrogen) atoms. The van der Waals surface area contributed by atoms with Crippen molar-refractivity contribution in [3.05, 3.63) is 101 Å². The van der Waals surface area contributed by atoms with Crippen LogP contribution in [-0.4, -0.2) is 36.5 Å². The van der Waals surface area contributed by atoms with E-state index in [1.54, 1.807) is 29.3 Å². The lowest BCUT2D eigenvalue weighted by molar-refractivity contribution is 0.402. The molecule has 0 N–H and O–H groups in total. The largest absolute Gasteiger partial charge is 0.497 e. The summed E-state index contributed by atoms with van der Waals surface area (Å²) in [4.78, 5) is 10.6. The van der Waals surface area contributed by atoms with E-state index in [2.05, 4.69) is 17.1 Å². The fourth-order valence-corrected chi connectivity index (χ4v) is 5.42. The number of hydrogen-bond acceptors (Lipinski definition) is 7. The summed E-state index contributed by atoms with van der Waals surface area (Å²) >= 11 is 1.60. The topological polar surface area (TPSA) is 79.4 Å². The number of aromatic nitrogens is 6. The standard InChI is InChI=1S/C27H20N6O2S/c1-16-21-22(17-10-12-19(34-2)13-11-17)23-25-29-24(20-9-6-14-36-20)31-32(25)15-28-26(23)35-27(21)33(30-16)18-7-4-3-5-8-18/h3-15,22H,1-2H3/t22-/m1/s1. The third-order valence-electron chi connectivity index (χ3n) is 6.41. The Kier molecular flexibility index (Phi) is 4.65. The van der Waals surface area contributed by atoms with Gasteiger partial charge in [0.1, 0.15) is 12.1 Å². The molecular weight excluding hydrogens is 472 g/mol. The van der Waals surface area contributed by atoms with Gasteiger partial charge in [0.2, 0.25) is 11.8 Å². The predicted molar refractivity (Wildman–Crippen MR) is 136 cm³/mol. The van der Waals surface area contributed by atoms with Crippen LogP contribution in [0.1, 0.15) is 28.3 Å². The van der Waals surface area contributed by atoms with Gasteiger partial charge in [0.25, 0.3) is 0 Å². The molecule has 0 aliphatic carbocycles. The molecule has 4 aromatic heterocycles. The minimum absolute atomic E-state index is 0.205. The van der Waals surface area contributed by atoms with Crippen LogP contribution in [0.2, 0.25) is 0 Å². The molecule has 1 aliphatic rings. The van der Waals surface area contributed by atoms with Crippen LogP contribution in [0.25, 0.3) is 22.0 Å². The molecule has 0 saturated carbocycles. The van der Waals surface area contributed by atoms with Gasteiger partial charge in [0, 0.05) is 0 Å². The van der Waals surface area contributed by atoms with Gasteiger partial charge in [0.05, 0.1) is 40.4 Å². The molecule has 6 aromatic rings. The molecule has 7 rings (SSSR count). The fourth-order valence-electron chi connectivity index (χ4n) is 4.76. The van der Waals surface area contributed by atoms with Gasteiger partial charge in [-0.05, 0) is 48.2 Å². The van der Waals surface area contributed by atoms with E-state index in [9.17, 15) is 0 Å². The van der Waals surface area contributed by atoms with Crippen molar-refractivity contribution in [2.24, 2.45) is 0 Å². The summed E-state index contributed by atoms with van der Waals surface area (Å²) in [6.07, 6.45) is 1.66. The molecule has 0 radical (unpaired) electrons. The number of ether oxygens (including phenoxy) is 2. The maximum absolute atomic E-state index is 6.47. The maximum atomic E-state index is 6.47. The number of methoxy groups -OCH3 is 1. The van der Waals surface area contributed by atoms with Crippen LogP contribution >= 0.6 is 11.3 Å². The van der Waals surface area contributed by atoms with Gasteiger partial charge in [-0.15, -0.1) is 16.4 Å². The monoisotopic (exact) mass is 492 g/mol. The van der Waals surface area contributed by atoms with Crippen LogP contribution in [0.15, 0.2) is 78.4 Å². The van der Waals surface area contributed by atoms with E-state index in [4.69, 9.17) is 24.7 Å². The van der Waals surface area contributed by atoms with E-state index in [1.165, 1.54) is 0 Å². The molecular formula is C27H20N6O2S. The summed E-state index contributed by atoms with van der Waals surface area (Å²) < 4.78 is 15.5. The highest BCUT2D eigenvalue weighted by atomic mass is 32.1. The average molecular weight is 493 g/mol. The number of aryl methyl sites for hydroxylation is 1. The van der Waals surface area contributed by atoms with Crippen molar-refractivity contribution >= 4 is 17.0 Å². The lowest BCUT2D eigenvalue weighted by Gasteiger charge is -2.26. The zero-order valence-electron chi connectivity index (χ0n) is 19.5. The molecule has 1 atom stereocenters. The van der Waals surface area contributed by atoms with Crippen LogP contribution in [0, 0.1) is 6.92 Å². The Morgan fingerprint density at radius 3 is 2.53 bits per heavy atom. The normalized spacial score (nSPS) is 14.3. The summed E-state index contributed by atoms with van der Waals surface area (Å²) in [6, 6.07) is 22.1. The molecule has 1 aliphatic heterocycles. The Bertz CT molecular complexity index is 1710. The zero-order valence-corrected chi connectivity index (χ0v) is 20.3. The summed E-state index contributed by atoms with van der Waals surface area (Å²) in [5, 5.41) is 11.6. The molecule has 5 heterocycles. The van der Waals surface area contributed by atoms with E-state index in [0.29, 0.717) is 23.2 Å². The van der Waals surface area contributed by atoms with Crippen LogP contribution in [0.5, 0.6) is 17.5 Å². The fraction of sp³-hybridized carbons (Fsp3) is 0.111. The van der Waals surface area contributed by atoms with E-state index in [-0.39, 0.29) is 5.92 Å². The van der Waals surface area contributed by atoms with Gasteiger partial charge in [0.15, 0.2) is 11.5 Å². The zero-order chi connectivity index (χ0) is 24.2. The molecule has 9 heteroatoms. The Morgan fingerprint density at radius 2 is 1.78 bits per heavy atom. The molecule has 176 valence electrons. The van der Waals surface area contributed by atoms with Crippen LogP contribution in [0.4, 0.5) is 0 Å². The van der Waals surface area contributed by atoms with Crippen LogP contribution in [0.3, 0.4) is 0 Å². The van der Waals surface area contributed by atoms with Gasteiger partial charge in [-0.3, -0.25) is 0 Å². The van der Waals surface area contributed by atoms with E-state index < -0.39 is 0 Å². The first-order valence-corrected chi connectivity index (χ1v) is 12.3. The second-order valence-electron chi connectivity index (χ2n) is 8.50. The third kappa shape index (κ3) is 3.13. The van der Waals surface area contributed by atoms with Gasteiger partial charge in [-0.25, -0.2) is 19.2 Å². The van der Waals surface area contributed by atoms with Crippen molar-refractivity contribution in [1.29, 1.82) is 0 Å². The second kappa shape index (κ2) is 8.03. The molecule has 0 bridgehead atoms. The Morgan fingerprint density at radius 1 is 0.944 bits per heavy atom. The molecule has 0 fully saturated rings. The van der Waals surface area contributed by atoms with Crippen LogP contribution < -0.4 is 9.47 Å². The van der Waals surface area contributed by atoms with E-state index in [1.807, 2.05) is 71.6 Å². The van der Waals surface area contributed by atoms with Gasteiger partial charge in [-0.1, -0.05) is 36.4 Å². The third-order valence-corrected chi connectivity index (χ3v) is 7.28. The van der Waals surface area contributed by atoms with Crippen molar-refractivity contribution < 1.29 is 9.47 Å². The van der Waals surface area contributed by atoms with Crippen molar-refractivity contribution in [1.82, 2.24) is 29.4 Å².